The van der Waals surface area contributed by atoms with Gasteiger partial charge in [-0.2, -0.15) is 0 Å². The first-order chi connectivity index (χ1) is 12.7. The molecule has 0 atom stereocenters. The van der Waals surface area contributed by atoms with Crippen molar-refractivity contribution in [3.63, 3.8) is 0 Å². The zero-order valence-corrected chi connectivity index (χ0v) is 17.1. The van der Waals surface area contributed by atoms with Crippen molar-refractivity contribution in [2.75, 3.05) is 18.2 Å². The second-order valence-electron chi connectivity index (χ2n) is 6.26. The first kappa shape index (κ1) is 19.9. The van der Waals surface area contributed by atoms with Crippen LogP contribution in [0.15, 0.2) is 28.5 Å². The van der Waals surface area contributed by atoms with Crippen LogP contribution in [0.25, 0.3) is 0 Å². The van der Waals surface area contributed by atoms with Gasteiger partial charge in [0, 0.05) is 6.26 Å². The summed E-state index contributed by atoms with van der Waals surface area (Å²) < 4.78 is 28.6. The van der Waals surface area contributed by atoms with Crippen LogP contribution >= 0.6 is 22.9 Å². The van der Waals surface area contributed by atoms with Crippen molar-refractivity contribution in [1.29, 1.82) is 0 Å². The molecule has 6 nitrogen and oxygen atoms in total. The number of esters is 1. The minimum absolute atomic E-state index is 0.00693. The minimum atomic E-state index is -3.49. The molecule has 3 rings (SSSR count). The van der Waals surface area contributed by atoms with Gasteiger partial charge < -0.3 is 10.1 Å². The summed E-state index contributed by atoms with van der Waals surface area (Å²) in [6.45, 7) is 1.95. The van der Waals surface area contributed by atoms with Gasteiger partial charge in [-0.05, 0) is 54.8 Å². The molecule has 1 saturated carbocycles. The van der Waals surface area contributed by atoms with Crippen LogP contribution in [0.2, 0.25) is 5.02 Å². The van der Waals surface area contributed by atoms with E-state index in [4.69, 9.17) is 16.3 Å². The molecule has 0 bridgehead atoms. The summed E-state index contributed by atoms with van der Waals surface area (Å²) in [5.41, 5.74) is 1.27. The van der Waals surface area contributed by atoms with Crippen LogP contribution in [0.4, 0.5) is 5.00 Å². The number of thiophene rings is 1. The summed E-state index contributed by atoms with van der Waals surface area (Å²) >= 11 is 7.32. The van der Waals surface area contributed by atoms with Crippen molar-refractivity contribution in [2.24, 2.45) is 0 Å². The summed E-state index contributed by atoms with van der Waals surface area (Å²) in [6.07, 6.45) is 3.05. The number of hydrogen-bond acceptors (Lipinski definition) is 6. The number of amides is 1. The van der Waals surface area contributed by atoms with Gasteiger partial charge >= 0.3 is 5.97 Å². The van der Waals surface area contributed by atoms with Crippen LogP contribution in [-0.2, 0) is 14.6 Å². The lowest BCUT2D eigenvalue weighted by molar-refractivity contribution is 0.0527. The topological polar surface area (TPSA) is 89.5 Å². The number of nitrogens with one attached hydrogen (secondary N) is 1. The van der Waals surface area contributed by atoms with Gasteiger partial charge in [-0.3, -0.25) is 4.79 Å². The summed E-state index contributed by atoms with van der Waals surface area (Å²) in [7, 11) is -3.49. The van der Waals surface area contributed by atoms with E-state index in [-0.39, 0.29) is 22.1 Å². The van der Waals surface area contributed by atoms with Crippen molar-refractivity contribution in [3.8, 4) is 0 Å². The normalized spacial score (nSPS) is 14.0. The number of ether oxygens (including phenoxy) is 1. The van der Waals surface area contributed by atoms with Crippen molar-refractivity contribution < 1.29 is 22.7 Å². The molecule has 1 aliphatic rings. The van der Waals surface area contributed by atoms with Crippen molar-refractivity contribution >= 4 is 49.7 Å². The lowest BCUT2D eigenvalue weighted by Gasteiger charge is -2.10. The lowest BCUT2D eigenvalue weighted by atomic mass is 10.1. The standard InChI is InChI=1S/C18H18ClNO5S2/c1-3-25-18(22)15-13(10-4-5-10)9-26-17(15)20-16(21)12-8-11(27(2,23)24)6-7-14(12)19/h6-10H,3-5H2,1-2H3,(H,20,21). The highest BCUT2D eigenvalue weighted by atomic mass is 35.5. The Morgan fingerprint density at radius 3 is 2.63 bits per heavy atom. The molecule has 1 N–H and O–H groups in total. The fourth-order valence-electron chi connectivity index (χ4n) is 2.65. The van der Waals surface area contributed by atoms with E-state index in [0.717, 1.165) is 24.7 Å². The number of benzene rings is 1. The molecule has 9 heteroatoms. The molecule has 0 unspecified atom stereocenters. The Morgan fingerprint density at radius 1 is 1.33 bits per heavy atom. The Morgan fingerprint density at radius 2 is 2.04 bits per heavy atom. The molecule has 0 aliphatic heterocycles. The molecule has 144 valence electrons. The number of anilines is 1. The van der Waals surface area contributed by atoms with Crippen molar-refractivity contribution in [3.05, 3.63) is 45.3 Å². The van der Waals surface area contributed by atoms with Gasteiger partial charge in [-0.25, -0.2) is 13.2 Å². The Balaban J connectivity index is 1.94. The largest absolute Gasteiger partial charge is 0.462 e. The molecule has 27 heavy (non-hydrogen) atoms. The fraction of sp³-hybridized carbons (Fsp3) is 0.333. The SMILES string of the molecule is CCOC(=O)c1c(C2CC2)csc1NC(=O)c1cc(S(C)(=O)=O)ccc1Cl. The maximum absolute atomic E-state index is 12.7. The maximum Gasteiger partial charge on any atom is 0.341 e. The van der Waals surface area contributed by atoms with Crippen LogP contribution in [0.3, 0.4) is 0 Å². The van der Waals surface area contributed by atoms with E-state index in [9.17, 15) is 18.0 Å². The number of sulfone groups is 1. The van der Waals surface area contributed by atoms with Crippen LogP contribution in [0.5, 0.6) is 0 Å². The average Bonchev–Trinajstić information content (AvgIpc) is 3.35. The molecule has 1 heterocycles. The van der Waals surface area contributed by atoms with Crippen LogP contribution in [0.1, 0.15) is 52.0 Å². The summed E-state index contributed by atoms with van der Waals surface area (Å²) in [5, 5.41) is 5.04. The lowest BCUT2D eigenvalue weighted by Crippen LogP contribution is -2.16. The maximum atomic E-state index is 12.7. The Hall–Kier alpha value is -1.90. The van der Waals surface area contributed by atoms with E-state index in [1.54, 1.807) is 6.92 Å². The average molecular weight is 428 g/mol. The van der Waals surface area contributed by atoms with E-state index in [0.29, 0.717) is 16.5 Å². The molecule has 0 saturated heterocycles. The van der Waals surface area contributed by atoms with Crippen LogP contribution in [-0.4, -0.2) is 33.2 Å². The molecule has 1 aromatic carbocycles. The van der Waals surface area contributed by atoms with Gasteiger partial charge in [-0.15, -0.1) is 11.3 Å². The van der Waals surface area contributed by atoms with E-state index in [2.05, 4.69) is 5.32 Å². The smallest absolute Gasteiger partial charge is 0.341 e. The van der Waals surface area contributed by atoms with E-state index in [1.807, 2.05) is 5.38 Å². The van der Waals surface area contributed by atoms with Gasteiger partial charge in [0.15, 0.2) is 9.84 Å². The molecule has 1 fully saturated rings. The molecule has 1 amide bonds. The third kappa shape index (κ3) is 4.34. The van der Waals surface area contributed by atoms with Gasteiger partial charge in [0.1, 0.15) is 5.00 Å². The number of rotatable bonds is 6. The van der Waals surface area contributed by atoms with Crippen LogP contribution < -0.4 is 5.32 Å². The highest BCUT2D eigenvalue weighted by Crippen LogP contribution is 2.46. The highest BCUT2D eigenvalue weighted by Gasteiger charge is 2.32. The molecular formula is C18H18ClNO5S2. The quantitative estimate of drug-likeness (QED) is 0.700. The fourth-order valence-corrected chi connectivity index (χ4v) is 4.53. The molecule has 0 spiro atoms. The molecule has 2 aromatic rings. The molecule has 1 aliphatic carbocycles. The van der Waals surface area contributed by atoms with Crippen LogP contribution in [0, 0.1) is 0 Å². The Kier molecular flexibility index (Phi) is 5.60. The zero-order valence-electron chi connectivity index (χ0n) is 14.7. The molecule has 1 aromatic heterocycles. The number of carbonyl (C=O) groups excluding carboxylic acids is 2. The van der Waals surface area contributed by atoms with Crippen molar-refractivity contribution in [1.82, 2.24) is 0 Å². The first-order valence-corrected chi connectivity index (χ1v) is 11.5. The molecular weight excluding hydrogens is 410 g/mol. The van der Waals surface area contributed by atoms with E-state index in [1.165, 1.54) is 29.5 Å². The van der Waals surface area contributed by atoms with Gasteiger partial charge in [0.25, 0.3) is 5.91 Å². The van der Waals surface area contributed by atoms with E-state index >= 15 is 0 Å². The monoisotopic (exact) mass is 427 g/mol. The van der Waals surface area contributed by atoms with Gasteiger partial charge in [-0.1, -0.05) is 11.6 Å². The zero-order chi connectivity index (χ0) is 19.8. The third-order valence-electron chi connectivity index (χ3n) is 4.15. The highest BCUT2D eigenvalue weighted by molar-refractivity contribution is 7.90. The Bertz CT molecular complexity index is 1010. The first-order valence-electron chi connectivity index (χ1n) is 8.31. The number of carbonyl (C=O) groups is 2. The minimum Gasteiger partial charge on any atom is -0.462 e. The third-order valence-corrected chi connectivity index (χ3v) is 6.51. The summed E-state index contributed by atoms with van der Waals surface area (Å²) in [6, 6.07) is 3.93. The van der Waals surface area contributed by atoms with Crippen molar-refractivity contribution in [2.45, 2.75) is 30.6 Å². The summed E-state index contributed by atoms with van der Waals surface area (Å²) in [4.78, 5) is 25.1. The van der Waals surface area contributed by atoms with E-state index < -0.39 is 21.7 Å². The Labute approximate surface area is 166 Å². The van der Waals surface area contributed by atoms with Gasteiger partial charge in [0.2, 0.25) is 0 Å². The number of halogens is 1. The second-order valence-corrected chi connectivity index (χ2v) is 9.56. The predicted molar refractivity (Wildman–Crippen MR) is 105 cm³/mol. The predicted octanol–water partition coefficient (Wildman–Crippen LogP) is 4.11. The number of hydrogen-bond donors (Lipinski definition) is 1. The molecule has 0 radical (unpaired) electrons. The summed E-state index contributed by atoms with van der Waals surface area (Å²) in [5.74, 6) is -0.754. The van der Waals surface area contributed by atoms with Gasteiger partial charge in [0.05, 0.1) is 27.7 Å². The second kappa shape index (κ2) is 7.61.